The monoisotopic (exact) mass is 337 g/mol. The van der Waals surface area contributed by atoms with Crippen LogP contribution in [0.25, 0.3) is 11.3 Å². The lowest BCUT2D eigenvalue weighted by molar-refractivity contribution is 0.00332. The smallest absolute Gasteiger partial charge is 0.119 e. The molecule has 1 aromatic heterocycles. The van der Waals surface area contributed by atoms with Crippen molar-refractivity contribution in [1.29, 1.82) is 5.26 Å². The Kier molecular flexibility index (Phi) is 5.45. The lowest BCUT2D eigenvalue weighted by Crippen LogP contribution is -2.48. The summed E-state index contributed by atoms with van der Waals surface area (Å²) in [5.41, 5.74) is 2.68. The Labute approximate surface area is 149 Å². The third-order valence-electron chi connectivity index (χ3n) is 5.44. The Morgan fingerprint density at radius 1 is 1.28 bits per heavy atom. The summed E-state index contributed by atoms with van der Waals surface area (Å²) in [7, 11) is 0. The fraction of sp³-hybridized carbons (Fsp3) is 0.429. The van der Waals surface area contributed by atoms with Crippen LogP contribution in [-0.4, -0.2) is 29.1 Å². The van der Waals surface area contributed by atoms with Gasteiger partial charge in [-0.25, -0.2) is 4.39 Å². The average Bonchev–Trinajstić information content (AvgIpc) is 2.66. The molecule has 1 fully saturated rings. The minimum Gasteiger partial charge on any atom is -0.296 e. The van der Waals surface area contributed by atoms with Crippen LogP contribution in [0.15, 0.2) is 48.7 Å². The molecule has 3 rings (SSSR count). The van der Waals surface area contributed by atoms with Crippen molar-refractivity contribution in [3.8, 4) is 17.3 Å². The number of hydrogen-bond acceptors (Lipinski definition) is 3. The van der Waals surface area contributed by atoms with Gasteiger partial charge in [0.25, 0.3) is 0 Å². The second-order valence-electron chi connectivity index (χ2n) is 6.92. The number of aromatic nitrogens is 1. The summed E-state index contributed by atoms with van der Waals surface area (Å²) in [6.45, 7) is 3.92. The van der Waals surface area contributed by atoms with E-state index in [-0.39, 0.29) is 0 Å². The maximum atomic E-state index is 14.7. The molecule has 0 aliphatic carbocycles. The van der Waals surface area contributed by atoms with E-state index in [0.717, 1.165) is 36.2 Å². The molecule has 0 bridgehead atoms. The van der Waals surface area contributed by atoms with E-state index >= 15 is 0 Å². The number of nitriles is 1. The van der Waals surface area contributed by atoms with E-state index in [2.05, 4.69) is 22.0 Å². The Balaban J connectivity index is 1.63. The van der Waals surface area contributed by atoms with Gasteiger partial charge < -0.3 is 0 Å². The average molecular weight is 337 g/mol. The largest absolute Gasteiger partial charge is 0.296 e. The molecule has 0 radical (unpaired) electrons. The van der Waals surface area contributed by atoms with Gasteiger partial charge in [0.1, 0.15) is 6.17 Å². The number of likely N-dealkylation sites (tertiary alicyclic amines) is 1. The van der Waals surface area contributed by atoms with E-state index in [9.17, 15) is 4.39 Å². The molecule has 0 saturated carbocycles. The van der Waals surface area contributed by atoms with Crippen molar-refractivity contribution in [3.63, 3.8) is 0 Å². The van der Waals surface area contributed by atoms with Crippen molar-refractivity contribution in [3.05, 3.63) is 54.2 Å². The molecule has 1 aliphatic rings. The van der Waals surface area contributed by atoms with Crippen molar-refractivity contribution in [2.45, 2.75) is 38.9 Å². The first-order chi connectivity index (χ1) is 12.2. The molecular formula is C21H24FN3. The number of benzene rings is 1. The van der Waals surface area contributed by atoms with Gasteiger partial charge in [0, 0.05) is 36.7 Å². The number of piperidine rings is 1. The second-order valence-corrected chi connectivity index (χ2v) is 6.92. The molecule has 2 unspecified atom stereocenters. The third-order valence-corrected chi connectivity index (χ3v) is 5.44. The highest BCUT2D eigenvalue weighted by Crippen LogP contribution is 2.40. The zero-order chi connectivity index (χ0) is 17.7. The van der Waals surface area contributed by atoms with Crippen LogP contribution in [0, 0.1) is 16.7 Å². The lowest BCUT2D eigenvalue weighted by atomic mass is 9.72. The maximum Gasteiger partial charge on any atom is 0.119 e. The zero-order valence-electron chi connectivity index (χ0n) is 14.7. The molecule has 130 valence electrons. The molecule has 0 spiro atoms. The molecular weight excluding hydrogens is 313 g/mol. The van der Waals surface area contributed by atoms with Crippen LogP contribution in [0.1, 0.15) is 31.7 Å². The summed E-state index contributed by atoms with van der Waals surface area (Å²) < 4.78 is 14.7. The quantitative estimate of drug-likeness (QED) is 0.800. The fourth-order valence-corrected chi connectivity index (χ4v) is 3.63. The first-order valence-corrected chi connectivity index (χ1v) is 8.90. The van der Waals surface area contributed by atoms with E-state index in [4.69, 9.17) is 5.26 Å². The maximum absolute atomic E-state index is 14.7. The van der Waals surface area contributed by atoms with Gasteiger partial charge in [-0.15, -0.1) is 0 Å². The molecule has 3 nitrogen and oxygen atoms in total. The van der Waals surface area contributed by atoms with Crippen molar-refractivity contribution in [1.82, 2.24) is 9.88 Å². The molecule has 2 heterocycles. The fourth-order valence-electron chi connectivity index (χ4n) is 3.63. The van der Waals surface area contributed by atoms with E-state index in [1.54, 1.807) is 0 Å². The van der Waals surface area contributed by atoms with E-state index in [1.165, 1.54) is 0 Å². The minimum atomic E-state index is -0.942. The van der Waals surface area contributed by atoms with Crippen LogP contribution in [0.4, 0.5) is 4.39 Å². The van der Waals surface area contributed by atoms with Gasteiger partial charge in [-0.3, -0.25) is 9.88 Å². The summed E-state index contributed by atoms with van der Waals surface area (Å²) in [4.78, 5) is 6.68. The number of pyridine rings is 1. The highest BCUT2D eigenvalue weighted by molar-refractivity contribution is 5.58. The lowest BCUT2D eigenvalue weighted by Gasteiger charge is -2.42. The number of hydrogen-bond donors (Lipinski definition) is 0. The third kappa shape index (κ3) is 3.88. The van der Waals surface area contributed by atoms with Gasteiger partial charge in [-0.05, 0) is 31.0 Å². The molecule has 1 saturated heterocycles. The first-order valence-electron chi connectivity index (χ1n) is 8.90. The van der Waals surface area contributed by atoms with Crippen LogP contribution < -0.4 is 0 Å². The van der Waals surface area contributed by atoms with E-state index < -0.39 is 11.6 Å². The van der Waals surface area contributed by atoms with Crippen molar-refractivity contribution in [2.24, 2.45) is 5.41 Å². The van der Waals surface area contributed by atoms with Crippen LogP contribution in [0.2, 0.25) is 0 Å². The van der Waals surface area contributed by atoms with E-state index in [1.807, 2.05) is 49.5 Å². The Hall–Kier alpha value is -2.25. The number of alkyl halides is 1. The molecule has 0 N–H and O–H groups in total. The van der Waals surface area contributed by atoms with Crippen LogP contribution >= 0.6 is 0 Å². The van der Waals surface area contributed by atoms with Gasteiger partial charge in [0.2, 0.25) is 0 Å². The van der Waals surface area contributed by atoms with Gasteiger partial charge in [0.15, 0.2) is 0 Å². The van der Waals surface area contributed by atoms with Gasteiger partial charge >= 0.3 is 0 Å². The SMILES string of the molecule is CCC1(CC#N)CCN(Cc2ccc(-c3ccccc3)nc2)CC1F. The van der Waals surface area contributed by atoms with Gasteiger partial charge in [-0.2, -0.15) is 5.26 Å². The van der Waals surface area contributed by atoms with Crippen molar-refractivity contribution >= 4 is 0 Å². The molecule has 25 heavy (non-hydrogen) atoms. The van der Waals surface area contributed by atoms with Gasteiger partial charge in [0.05, 0.1) is 11.8 Å². The van der Waals surface area contributed by atoms with Gasteiger partial charge in [-0.1, -0.05) is 43.3 Å². The van der Waals surface area contributed by atoms with Crippen LogP contribution in [0.5, 0.6) is 0 Å². The molecule has 0 amide bonds. The topological polar surface area (TPSA) is 39.9 Å². The highest BCUT2D eigenvalue weighted by atomic mass is 19.1. The Bertz CT molecular complexity index is 723. The summed E-state index contributed by atoms with van der Waals surface area (Å²) in [5, 5.41) is 9.02. The molecule has 2 aromatic rings. The predicted octanol–water partition coefficient (Wildman–Crippen LogP) is 4.60. The number of nitrogens with zero attached hydrogens (tertiary/aromatic N) is 3. The normalized spacial score (nSPS) is 24.0. The summed E-state index contributed by atoms with van der Waals surface area (Å²) >= 11 is 0. The minimum absolute atomic E-state index is 0.311. The number of rotatable bonds is 5. The number of halogens is 1. The van der Waals surface area contributed by atoms with Crippen LogP contribution in [0.3, 0.4) is 0 Å². The van der Waals surface area contributed by atoms with Crippen LogP contribution in [-0.2, 0) is 6.54 Å². The molecule has 1 aliphatic heterocycles. The predicted molar refractivity (Wildman–Crippen MR) is 97.4 cm³/mol. The highest BCUT2D eigenvalue weighted by Gasteiger charge is 2.42. The first kappa shape index (κ1) is 17.6. The standard InChI is InChI=1S/C21H24FN3/c1-2-21(10-12-23)11-13-25(16-20(21)22)15-17-8-9-19(24-14-17)18-6-4-3-5-7-18/h3-9,14,20H,2,10-11,13,15-16H2,1H3. The van der Waals surface area contributed by atoms with Crippen molar-refractivity contribution in [2.75, 3.05) is 13.1 Å². The summed E-state index contributed by atoms with van der Waals surface area (Å²) in [6, 6.07) is 16.3. The van der Waals surface area contributed by atoms with E-state index in [0.29, 0.717) is 19.5 Å². The molecule has 2 atom stereocenters. The summed E-state index contributed by atoms with van der Waals surface area (Å²) in [6.07, 6.45) is 2.72. The van der Waals surface area contributed by atoms with Crippen molar-refractivity contribution < 1.29 is 4.39 Å². The molecule has 4 heteroatoms. The zero-order valence-corrected chi connectivity index (χ0v) is 14.7. The Morgan fingerprint density at radius 2 is 2.08 bits per heavy atom. The Morgan fingerprint density at radius 3 is 2.68 bits per heavy atom. The molecule has 1 aromatic carbocycles. The summed E-state index contributed by atoms with van der Waals surface area (Å²) in [5.74, 6) is 0. The second kappa shape index (κ2) is 7.76.